The summed E-state index contributed by atoms with van der Waals surface area (Å²) in [6.07, 6.45) is 0.168. The van der Waals surface area contributed by atoms with Gasteiger partial charge < -0.3 is 5.11 Å². The molecule has 3 nitrogen and oxygen atoms in total. The smallest absolute Gasteiger partial charge is 0.392 e. The molecule has 18 heavy (non-hydrogen) atoms. The highest BCUT2D eigenvalue weighted by Gasteiger charge is 2.44. The standard InChI is InChI=1S/C11H13F3O3S/c12-11(13,14)18(16,17)7-1-2-9-3-5-10(8-15)6-4-9/h3-6,15H,1-2,7-8H2. The monoisotopic (exact) mass is 282 g/mol. The van der Waals surface area contributed by atoms with Crippen molar-refractivity contribution < 1.29 is 26.7 Å². The van der Waals surface area contributed by atoms with Crippen molar-refractivity contribution in [2.75, 3.05) is 5.75 Å². The highest BCUT2D eigenvalue weighted by Crippen LogP contribution is 2.24. The van der Waals surface area contributed by atoms with E-state index in [2.05, 4.69) is 0 Å². The fourth-order valence-corrected chi connectivity index (χ4v) is 2.15. The van der Waals surface area contributed by atoms with E-state index in [9.17, 15) is 21.6 Å². The zero-order valence-electron chi connectivity index (χ0n) is 9.44. The van der Waals surface area contributed by atoms with Crippen LogP contribution in [0.1, 0.15) is 17.5 Å². The van der Waals surface area contributed by atoms with Crippen LogP contribution in [0.2, 0.25) is 0 Å². The molecule has 0 saturated heterocycles. The minimum atomic E-state index is -5.17. The molecule has 0 bridgehead atoms. The number of benzene rings is 1. The number of halogens is 3. The average Bonchev–Trinajstić information content (AvgIpc) is 2.28. The van der Waals surface area contributed by atoms with E-state index in [1.165, 1.54) is 0 Å². The lowest BCUT2D eigenvalue weighted by molar-refractivity contribution is -0.0435. The second-order valence-corrected chi connectivity index (χ2v) is 5.94. The Morgan fingerprint density at radius 1 is 1.06 bits per heavy atom. The molecule has 0 saturated carbocycles. The lowest BCUT2D eigenvalue weighted by atomic mass is 10.1. The van der Waals surface area contributed by atoms with Crippen LogP contribution in [-0.2, 0) is 22.9 Å². The third-order valence-electron chi connectivity index (χ3n) is 2.44. The second-order valence-electron chi connectivity index (χ2n) is 3.84. The minimum absolute atomic E-state index is 0.0830. The summed E-state index contributed by atoms with van der Waals surface area (Å²) in [5.41, 5.74) is -3.74. The summed E-state index contributed by atoms with van der Waals surface area (Å²) in [4.78, 5) is 0. The molecule has 0 aliphatic carbocycles. The molecule has 1 N–H and O–H groups in total. The maximum atomic E-state index is 12.0. The normalized spacial score (nSPS) is 12.7. The van der Waals surface area contributed by atoms with Crippen LogP contribution in [0.15, 0.2) is 24.3 Å². The Bertz CT molecular complexity index is 477. The molecule has 102 valence electrons. The largest absolute Gasteiger partial charge is 0.497 e. The molecule has 1 aromatic carbocycles. The second kappa shape index (κ2) is 5.71. The van der Waals surface area contributed by atoms with Crippen molar-refractivity contribution in [2.24, 2.45) is 0 Å². The zero-order valence-corrected chi connectivity index (χ0v) is 10.3. The first kappa shape index (κ1) is 15.0. The van der Waals surface area contributed by atoms with Crippen molar-refractivity contribution in [3.8, 4) is 0 Å². The Balaban J connectivity index is 2.52. The highest BCUT2D eigenvalue weighted by atomic mass is 32.2. The Morgan fingerprint density at radius 2 is 1.56 bits per heavy atom. The van der Waals surface area contributed by atoms with Crippen LogP contribution < -0.4 is 0 Å². The van der Waals surface area contributed by atoms with Gasteiger partial charge in [-0.15, -0.1) is 0 Å². The number of aliphatic hydroxyl groups excluding tert-OH is 1. The van der Waals surface area contributed by atoms with Gasteiger partial charge >= 0.3 is 5.51 Å². The molecule has 1 aromatic rings. The van der Waals surface area contributed by atoms with E-state index in [1.54, 1.807) is 24.3 Å². The van der Waals surface area contributed by atoms with Crippen LogP contribution in [0.25, 0.3) is 0 Å². The molecule has 0 heterocycles. The van der Waals surface area contributed by atoms with Gasteiger partial charge in [-0.25, -0.2) is 8.42 Å². The van der Waals surface area contributed by atoms with Gasteiger partial charge in [-0.1, -0.05) is 24.3 Å². The lowest BCUT2D eigenvalue weighted by Crippen LogP contribution is -2.26. The summed E-state index contributed by atoms with van der Waals surface area (Å²) < 4.78 is 57.7. The molecule has 1 rings (SSSR count). The molecule has 0 spiro atoms. The summed E-state index contributed by atoms with van der Waals surface area (Å²) in [5, 5.41) is 8.80. The molecule has 0 unspecified atom stereocenters. The van der Waals surface area contributed by atoms with E-state index in [0.29, 0.717) is 5.56 Å². The van der Waals surface area contributed by atoms with Crippen LogP contribution in [0.5, 0.6) is 0 Å². The van der Waals surface area contributed by atoms with Gasteiger partial charge in [0.05, 0.1) is 12.4 Å². The average molecular weight is 282 g/mol. The van der Waals surface area contributed by atoms with Gasteiger partial charge in [0.15, 0.2) is 0 Å². The molecule has 0 aromatic heterocycles. The number of hydrogen-bond acceptors (Lipinski definition) is 3. The maximum absolute atomic E-state index is 12.0. The van der Waals surface area contributed by atoms with Gasteiger partial charge in [0.1, 0.15) is 0 Å². The predicted octanol–water partition coefficient (Wildman–Crippen LogP) is 2.05. The van der Waals surface area contributed by atoms with Crippen LogP contribution in [0, 0.1) is 0 Å². The van der Waals surface area contributed by atoms with Crippen molar-refractivity contribution in [2.45, 2.75) is 25.0 Å². The van der Waals surface area contributed by atoms with E-state index in [0.717, 1.165) is 5.56 Å². The first-order valence-electron chi connectivity index (χ1n) is 5.24. The predicted molar refractivity (Wildman–Crippen MR) is 60.5 cm³/mol. The molecule has 7 heteroatoms. The number of aliphatic hydroxyl groups is 1. The lowest BCUT2D eigenvalue weighted by Gasteiger charge is -2.07. The minimum Gasteiger partial charge on any atom is -0.392 e. The van der Waals surface area contributed by atoms with E-state index in [1.807, 2.05) is 0 Å². The van der Waals surface area contributed by atoms with E-state index in [-0.39, 0.29) is 19.4 Å². The summed E-state index contributed by atoms with van der Waals surface area (Å²) in [5.74, 6) is -0.905. The number of rotatable bonds is 5. The zero-order chi connectivity index (χ0) is 13.8. The van der Waals surface area contributed by atoms with Crippen molar-refractivity contribution in [1.82, 2.24) is 0 Å². The van der Waals surface area contributed by atoms with Crippen LogP contribution in [0.3, 0.4) is 0 Å². The third-order valence-corrected chi connectivity index (χ3v) is 3.97. The van der Waals surface area contributed by atoms with Crippen LogP contribution in [-0.4, -0.2) is 24.8 Å². The Labute approximate surface area is 103 Å². The number of sulfone groups is 1. The third kappa shape index (κ3) is 3.99. The first-order chi connectivity index (χ1) is 8.26. The Morgan fingerprint density at radius 3 is 2.00 bits per heavy atom. The first-order valence-corrected chi connectivity index (χ1v) is 6.89. The van der Waals surface area contributed by atoms with E-state index < -0.39 is 21.1 Å². The van der Waals surface area contributed by atoms with Crippen LogP contribution >= 0.6 is 0 Å². The quantitative estimate of drug-likeness (QED) is 0.899. The topological polar surface area (TPSA) is 54.4 Å². The van der Waals surface area contributed by atoms with E-state index >= 15 is 0 Å². The summed E-state index contributed by atoms with van der Waals surface area (Å²) in [6, 6.07) is 6.61. The Hall–Kier alpha value is -1.08. The number of hydrogen-bond donors (Lipinski definition) is 1. The van der Waals surface area contributed by atoms with Gasteiger partial charge in [0.2, 0.25) is 9.84 Å². The van der Waals surface area contributed by atoms with Gasteiger partial charge in [0, 0.05) is 0 Å². The summed E-state index contributed by atoms with van der Waals surface area (Å²) >= 11 is 0. The molecule has 0 fully saturated rings. The van der Waals surface area contributed by atoms with Crippen molar-refractivity contribution >= 4 is 9.84 Å². The summed E-state index contributed by atoms with van der Waals surface area (Å²) in [7, 11) is -5.02. The number of aryl methyl sites for hydroxylation is 1. The molecular formula is C11H13F3O3S. The maximum Gasteiger partial charge on any atom is 0.497 e. The molecular weight excluding hydrogens is 269 g/mol. The van der Waals surface area contributed by atoms with Gasteiger partial charge in [-0.05, 0) is 24.0 Å². The summed E-state index contributed by atoms with van der Waals surface area (Å²) in [6.45, 7) is -0.108. The van der Waals surface area contributed by atoms with E-state index in [4.69, 9.17) is 5.11 Å². The SMILES string of the molecule is O=S(=O)(CCCc1ccc(CO)cc1)C(F)(F)F. The van der Waals surface area contributed by atoms with Crippen molar-refractivity contribution in [1.29, 1.82) is 0 Å². The van der Waals surface area contributed by atoms with Crippen molar-refractivity contribution in [3.05, 3.63) is 35.4 Å². The van der Waals surface area contributed by atoms with Crippen LogP contribution in [0.4, 0.5) is 13.2 Å². The number of alkyl halides is 3. The van der Waals surface area contributed by atoms with Gasteiger partial charge in [-0.3, -0.25) is 0 Å². The molecule has 0 radical (unpaired) electrons. The Kier molecular flexibility index (Phi) is 4.75. The molecule has 0 amide bonds. The fraction of sp³-hybridized carbons (Fsp3) is 0.455. The molecule has 0 aliphatic rings. The van der Waals surface area contributed by atoms with Crippen molar-refractivity contribution in [3.63, 3.8) is 0 Å². The molecule has 0 atom stereocenters. The highest BCUT2D eigenvalue weighted by molar-refractivity contribution is 7.92. The van der Waals surface area contributed by atoms with Gasteiger partial charge in [-0.2, -0.15) is 13.2 Å². The molecule has 0 aliphatic heterocycles. The van der Waals surface area contributed by atoms with Gasteiger partial charge in [0.25, 0.3) is 0 Å². The fourth-order valence-electron chi connectivity index (χ4n) is 1.39.